The number of rotatable bonds is 5. The van der Waals surface area contributed by atoms with Gasteiger partial charge in [-0.05, 0) is 29.8 Å². The van der Waals surface area contributed by atoms with E-state index in [9.17, 15) is 22.8 Å². The molecule has 1 heterocycles. The second-order valence-electron chi connectivity index (χ2n) is 6.37. The fourth-order valence-corrected chi connectivity index (χ4v) is 3.06. The molecule has 0 radical (unpaired) electrons. The lowest BCUT2D eigenvalue weighted by Crippen LogP contribution is -2.23. The van der Waals surface area contributed by atoms with E-state index >= 15 is 0 Å². The zero-order valence-corrected chi connectivity index (χ0v) is 17.1. The number of alkyl halides is 3. The molecule has 0 fully saturated rings. The summed E-state index contributed by atoms with van der Waals surface area (Å²) in [5.74, 6) is -1.30. The third-order valence-electron chi connectivity index (χ3n) is 4.15. The van der Waals surface area contributed by atoms with Gasteiger partial charge in [0.25, 0.3) is 11.8 Å². The molecular weight excluding hydrogens is 454 g/mol. The van der Waals surface area contributed by atoms with Crippen LogP contribution < -0.4 is 10.6 Å². The van der Waals surface area contributed by atoms with Crippen LogP contribution in [0.3, 0.4) is 0 Å². The molecule has 0 unspecified atom stereocenters. The number of hydrogen-bond donors (Lipinski definition) is 2. The minimum absolute atomic E-state index is 0.113. The molecule has 160 valence electrons. The molecule has 0 aliphatic carbocycles. The first-order valence-corrected chi connectivity index (χ1v) is 9.56. The van der Waals surface area contributed by atoms with Crippen LogP contribution in [-0.4, -0.2) is 16.8 Å². The normalized spacial score (nSPS) is 11.1. The number of nitrogens with zero attached hydrogens (tertiary/aromatic N) is 1. The number of carbonyl (C=O) groups is 2. The number of anilines is 1. The highest BCUT2D eigenvalue weighted by atomic mass is 35.5. The lowest BCUT2D eigenvalue weighted by Gasteiger charge is -2.11. The van der Waals surface area contributed by atoms with Gasteiger partial charge >= 0.3 is 6.18 Å². The van der Waals surface area contributed by atoms with Crippen LogP contribution in [0.2, 0.25) is 10.0 Å². The van der Waals surface area contributed by atoms with Crippen molar-refractivity contribution in [3.63, 3.8) is 0 Å². The third kappa shape index (κ3) is 5.74. The number of benzene rings is 2. The highest BCUT2D eigenvalue weighted by Gasteiger charge is 2.32. The van der Waals surface area contributed by atoms with E-state index in [0.29, 0.717) is 12.3 Å². The van der Waals surface area contributed by atoms with Gasteiger partial charge in [-0.1, -0.05) is 53.5 Å². The lowest BCUT2D eigenvalue weighted by molar-refractivity contribution is -0.137. The van der Waals surface area contributed by atoms with Gasteiger partial charge in [0.2, 0.25) is 0 Å². The van der Waals surface area contributed by atoms with Crippen LogP contribution in [0.25, 0.3) is 0 Å². The molecule has 5 nitrogen and oxygen atoms in total. The molecule has 0 saturated heterocycles. The van der Waals surface area contributed by atoms with Gasteiger partial charge in [-0.15, -0.1) is 0 Å². The third-order valence-corrected chi connectivity index (χ3v) is 4.77. The van der Waals surface area contributed by atoms with E-state index in [4.69, 9.17) is 23.2 Å². The van der Waals surface area contributed by atoms with Crippen LogP contribution in [0.5, 0.6) is 0 Å². The average Bonchev–Trinajstić information content (AvgIpc) is 2.73. The maximum atomic E-state index is 12.7. The number of nitrogens with one attached hydrogen (secondary N) is 2. The number of pyridine rings is 1. The summed E-state index contributed by atoms with van der Waals surface area (Å²) in [5.41, 5.74) is -0.268. The minimum atomic E-state index is -4.64. The largest absolute Gasteiger partial charge is 0.417 e. The van der Waals surface area contributed by atoms with Crippen LogP contribution in [-0.2, 0) is 12.7 Å². The molecule has 0 spiro atoms. The number of carbonyl (C=O) groups excluding carboxylic acids is 2. The van der Waals surface area contributed by atoms with Gasteiger partial charge < -0.3 is 10.6 Å². The lowest BCUT2D eigenvalue weighted by atomic mass is 10.1. The summed E-state index contributed by atoms with van der Waals surface area (Å²) in [6, 6.07) is 14.0. The van der Waals surface area contributed by atoms with Crippen LogP contribution in [0.4, 0.5) is 18.9 Å². The van der Waals surface area contributed by atoms with Crippen molar-refractivity contribution in [1.82, 2.24) is 10.3 Å². The Balaban J connectivity index is 1.74. The molecule has 0 atom stereocenters. The van der Waals surface area contributed by atoms with Gasteiger partial charge in [-0.2, -0.15) is 13.2 Å². The Kier molecular flexibility index (Phi) is 6.82. The minimum Gasteiger partial charge on any atom is -0.348 e. The van der Waals surface area contributed by atoms with E-state index in [0.717, 1.165) is 5.56 Å². The van der Waals surface area contributed by atoms with Crippen molar-refractivity contribution < 1.29 is 22.8 Å². The highest BCUT2D eigenvalue weighted by molar-refractivity contribution is 6.34. The van der Waals surface area contributed by atoms with E-state index in [1.807, 2.05) is 30.3 Å². The second kappa shape index (κ2) is 9.36. The number of amides is 2. The predicted molar refractivity (Wildman–Crippen MR) is 111 cm³/mol. The van der Waals surface area contributed by atoms with Gasteiger partial charge in [-0.25, -0.2) is 4.98 Å². The summed E-state index contributed by atoms with van der Waals surface area (Å²) in [7, 11) is 0. The molecule has 1 aromatic heterocycles. The fourth-order valence-electron chi connectivity index (χ4n) is 2.60. The summed E-state index contributed by atoms with van der Waals surface area (Å²) in [6.07, 6.45) is -4.12. The van der Waals surface area contributed by atoms with Gasteiger partial charge in [0, 0.05) is 18.4 Å². The first-order valence-electron chi connectivity index (χ1n) is 8.81. The van der Waals surface area contributed by atoms with E-state index in [1.54, 1.807) is 0 Å². The zero-order valence-electron chi connectivity index (χ0n) is 15.6. The molecule has 0 bridgehead atoms. The molecular formula is C21H14Cl2F3N3O2. The van der Waals surface area contributed by atoms with Crippen LogP contribution in [0.1, 0.15) is 32.0 Å². The molecule has 31 heavy (non-hydrogen) atoms. The van der Waals surface area contributed by atoms with Gasteiger partial charge in [0.15, 0.2) is 0 Å². The van der Waals surface area contributed by atoms with Crippen molar-refractivity contribution in [2.45, 2.75) is 12.7 Å². The molecule has 3 aromatic rings. The first kappa shape index (κ1) is 22.6. The number of halogens is 5. The highest BCUT2D eigenvalue weighted by Crippen LogP contribution is 2.31. The molecule has 0 saturated carbocycles. The summed E-state index contributed by atoms with van der Waals surface area (Å²) in [5, 5.41) is 4.87. The number of aromatic nitrogens is 1. The van der Waals surface area contributed by atoms with Gasteiger partial charge in [0.1, 0.15) is 5.69 Å². The fraction of sp³-hybridized carbons (Fsp3) is 0.0952. The van der Waals surface area contributed by atoms with Crippen LogP contribution >= 0.6 is 23.2 Å². The van der Waals surface area contributed by atoms with E-state index in [1.165, 1.54) is 18.2 Å². The summed E-state index contributed by atoms with van der Waals surface area (Å²) in [4.78, 5) is 28.4. The summed E-state index contributed by atoms with van der Waals surface area (Å²) in [6.45, 7) is 0.275. The van der Waals surface area contributed by atoms with Crippen molar-refractivity contribution in [2.75, 3.05) is 5.32 Å². The van der Waals surface area contributed by atoms with E-state index < -0.39 is 28.6 Å². The van der Waals surface area contributed by atoms with Crippen LogP contribution in [0.15, 0.2) is 60.8 Å². The van der Waals surface area contributed by atoms with Gasteiger partial charge in [-0.3, -0.25) is 9.59 Å². The van der Waals surface area contributed by atoms with Crippen LogP contribution in [0, 0.1) is 0 Å². The Morgan fingerprint density at radius 2 is 1.65 bits per heavy atom. The zero-order chi connectivity index (χ0) is 22.6. The van der Waals surface area contributed by atoms with Crippen molar-refractivity contribution in [3.8, 4) is 0 Å². The SMILES string of the molecule is O=C(NCc1ccccc1)c1cc(NC(=O)c2ncc(C(F)(F)F)cc2Cl)ccc1Cl. The smallest absolute Gasteiger partial charge is 0.348 e. The monoisotopic (exact) mass is 467 g/mol. The van der Waals surface area contributed by atoms with Gasteiger partial charge in [0.05, 0.1) is 21.2 Å². The molecule has 2 amide bonds. The van der Waals surface area contributed by atoms with Crippen molar-refractivity contribution in [1.29, 1.82) is 0 Å². The first-order chi connectivity index (χ1) is 14.6. The van der Waals surface area contributed by atoms with Crippen molar-refractivity contribution >= 4 is 40.7 Å². The standard InChI is InChI=1S/C21H14Cl2F3N3O2/c22-16-7-6-14(9-15(16)19(30)28-10-12-4-2-1-3-5-12)29-20(31)18-17(23)8-13(11-27-18)21(24,25)26/h1-9,11H,10H2,(H,28,30)(H,29,31). The van der Waals surface area contributed by atoms with Crippen molar-refractivity contribution in [3.05, 3.63) is 93.2 Å². The molecule has 2 aromatic carbocycles. The second-order valence-corrected chi connectivity index (χ2v) is 7.18. The predicted octanol–water partition coefficient (Wildman–Crippen LogP) is 5.59. The molecule has 0 aliphatic heterocycles. The van der Waals surface area contributed by atoms with E-state index in [-0.39, 0.29) is 28.5 Å². The molecule has 0 aliphatic rings. The molecule has 3 rings (SSSR count). The Morgan fingerprint density at radius 1 is 0.935 bits per heavy atom. The molecule has 10 heteroatoms. The molecule has 2 N–H and O–H groups in total. The Morgan fingerprint density at radius 3 is 2.29 bits per heavy atom. The quantitative estimate of drug-likeness (QED) is 0.513. The Bertz CT molecular complexity index is 1120. The number of hydrogen-bond acceptors (Lipinski definition) is 3. The maximum absolute atomic E-state index is 12.7. The average molecular weight is 468 g/mol. The summed E-state index contributed by atoms with van der Waals surface area (Å²) >= 11 is 11.9. The Hall–Kier alpha value is -3.10. The topological polar surface area (TPSA) is 71.1 Å². The summed E-state index contributed by atoms with van der Waals surface area (Å²) < 4.78 is 38.2. The Labute approximate surface area is 185 Å². The van der Waals surface area contributed by atoms with E-state index in [2.05, 4.69) is 15.6 Å². The van der Waals surface area contributed by atoms with Crippen molar-refractivity contribution in [2.24, 2.45) is 0 Å². The maximum Gasteiger partial charge on any atom is 0.417 e.